The maximum atomic E-state index is 12.1. The summed E-state index contributed by atoms with van der Waals surface area (Å²) < 4.78 is 5.36. The predicted molar refractivity (Wildman–Crippen MR) is 118 cm³/mol. The van der Waals surface area contributed by atoms with E-state index in [4.69, 9.17) is 4.74 Å². The smallest absolute Gasteiger partial charge is 0.251 e. The van der Waals surface area contributed by atoms with Crippen LogP contribution in [0.15, 0.2) is 48.5 Å². The van der Waals surface area contributed by atoms with Gasteiger partial charge < -0.3 is 20.3 Å². The van der Waals surface area contributed by atoms with Gasteiger partial charge in [0.2, 0.25) is 5.91 Å². The molecule has 2 amide bonds. The van der Waals surface area contributed by atoms with Crippen molar-refractivity contribution in [1.82, 2.24) is 10.6 Å². The van der Waals surface area contributed by atoms with E-state index < -0.39 is 0 Å². The largest absolute Gasteiger partial charge is 0.494 e. The van der Waals surface area contributed by atoms with E-state index in [1.165, 1.54) is 17.2 Å². The molecule has 2 aromatic rings. The first-order chi connectivity index (χ1) is 14.2. The van der Waals surface area contributed by atoms with Crippen molar-refractivity contribution in [2.24, 2.45) is 0 Å². The summed E-state index contributed by atoms with van der Waals surface area (Å²) in [6, 6.07) is 15.1. The molecule has 0 aromatic heterocycles. The van der Waals surface area contributed by atoms with Gasteiger partial charge in [0.1, 0.15) is 5.75 Å². The second kappa shape index (κ2) is 10.8. The molecule has 0 aliphatic carbocycles. The molecule has 3 rings (SSSR count). The van der Waals surface area contributed by atoms with Crippen LogP contribution in [0.25, 0.3) is 0 Å². The molecule has 0 spiro atoms. The first kappa shape index (κ1) is 21.0. The molecule has 1 aliphatic heterocycles. The molecule has 2 N–H and O–H groups in total. The Kier molecular flexibility index (Phi) is 7.81. The summed E-state index contributed by atoms with van der Waals surface area (Å²) in [6.07, 6.45) is 0. The van der Waals surface area contributed by atoms with E-state index in [1.54, 1.807) is 24.3 Å². The fraction of sp³-hybridized carbons (Fsp3) is 0.364. The lowest BCUT2D eigenvalue weighted by Crippen LogP contribution is -2.36. The van der Waals surface area contributed by atoms with Crippen LogP contribution in [0.4, 0.5) is 5.69 Å². The van der Waals surface area contributed by atoms with Gasteiger partial charge >= 0.3 is 0 Å². The van der Waals surface area contributed by atoms with Crippen LogP contribution in [-0.4, -0.2) is 49.6 Å². The molecule has 0 radical (unpaired) electrons. The van der Waals surface area contributed by atoms with Crippen molar-refractivity contribution >= 4 is 29.3 Å². The Morgan fingerprint density at radius 2 is 1.69 bits per heavy atom. The van der Waals surface area contributed by atoms with E-state index >= 15 is 0 Å². The standard InChI is InChI=1S/C22H27N3O3S/c1-2-28-20-9-5-18(6-10-20)22(27)24-16-21(26)23-15-17-3-7-19(8-4-17)25-11-13-29-14-12-25/h3-10H,2,11-16H2,1H3,(H,23,26)(H,24,27). The zero-order valence-electron chi connectivity index (χ0n) is 16.6. The summed E-state index contributed by atoms with van der Waals surface area (Å²) in [6.45, 7) is 5.01. The highest BCUT2D eigenvalue weighted by Gasteiger charge is 2.11. The van der Waals surface area contributed by atoms with Crippen LogP contribution in [0.2, 0.25) is 0 Å². The number of carbonyl (C=O) groups excluding carboxylic acids is 2. The van der Waals surface area contributed by atoms with Crippen molar-refractivity contribution in [3.63, 3.8) is 0 Å². The number of nitrogens with one attached hydrogen (secondary N) is 2. The summed E-state index contributed by atoms with van der Waals surface area (Å²) in [5, 5.41) is 5.48. The van der Waals surface area contributed by atoms with E-state index in [1.807, 2.05) is 30.8 Å². The molecule has 2 aromatic carbocycles. The van der Waals surface area contributed by atoms with Crippen molar-refractivity contribution in [1.29, 1.82) is 0 Å². The highest BCUT2D eigenvalue weighted by Crippen LogP contribution is 2.19. The molecule has 154 valence electrons. The van der Waals surface area contributed by atoms with Crippen molar-refractivity contribution in [2.75, 3.05) is 42.6 Å². The topological polar surface area (TPSA) is 70.7 Å². The molecule has 6 nitrogen and oxygen atoms in total. The monoisotopic (exact) mass is 413 g/mol. The van der Waals surface area contributed by atoms with Gasteiger partial charge in [-0.3, -0.25) is 9.59 Å². The van der Waals surface area contributed by atoms with Gasteiger partial charge in [-0.1, -0.05) is 12.1 Å². The molecule has 0 atom stereocenters. The summed E-state index contributed by atoms with van der Waals surface area (Å²) in [5.74, 6) is 2.54. The number of nitrogens with zero attached hydrogens (tertiary/aromatic N) is 1. The van der Waals surface area contributed by atoms with Gasteiger partial charge in [-0.15, -0.1) is 0 Å². The summed E-state index contributed by atoms with van der Waals surface area (Å²) in [5.41, 5.74) is 2.75. The first-order valence-electron chi connectivity index (χ1n) is 9.85. The minimum absolute atomic E-state index is 0.0599. The molecule has 29 heavy (non-hydrogen) atoms. The minimum Gasteiger partial charge on any atom is -0.494 e. The molecule has 0 bridgehead atoms. The number of amides is 2. The van der Waals surface area contributed by atoms with Gasteiger partial charge in [0.25, 0.3) is 5.91 Å². The minimum atomic E-state index is -0.285. The zero-order chi connectivity index (χ0) is 20.5. The molecule has 7 heteroatoms. The molecular weight excluding hydrogens is 386 g/mol. The van der Waals surface area contributed by atoms with Gasteiger partial charge in [0, 0.05) is 42.4 Å². The normalized spacial score (nSPS) is 13.6. The van der Waals surface area contributed by atoms with Gasteiger partial charge in [-0.25, -0.2) is 0 Å². The van der Waals surface area contributed by atoms with Crippen LogP contribution >= 0.6 is 11.8 Å². The quantitative estimate of drug-likeness (QED) is 0.696. The number of benzene rings is 2. The van der Waals surface area contributed by atoms with Crippen LogP contribution in [0.3, 0.4) is 0 Å². The fourth-order valence-corrected chi connectivity index (χ4v) is 3.94. The highest BCUT2D eigenvalue weighted by atomic mass is 32.2. The SMILES string of the molecule is CCOc1ccc(C(=O)NCC(=O)NCc2ccc(N3CCSCC3)cc2)cc1. The lowest BCUT2D eigenvalue weighted by molar-refractivity contribution is -0.120. The Morgan fingerprint density at radius 1 is 1.00 bits per heavy atom. The summed E-state index contributed by atoms with van der Waals surface area (Å²) in [4.78, 5) is 26.6. The number of hydrogen-bond acceptors (Lipinski definition) is 5. The lowest BCUT2D eigenvalue weighted by Gasteiger charge is -2.28. The maximum Gasteiger partial charge on any atom is 0.251 e. The van der Waals surface area contributed by atoms with E-state index in [-0.39, 0.29) is 18.4 Å². The average Bonchev–Trinajstić information content (AvgIpc) is 2.78. The zero-order valence-corrected chi connectivity index (χ0v) is 17.5. The van der Waals surface area contributed by atoms with E-state index in [0.717, 1.165) is 18.7 Å². The van der Waals surface area contributed by atoms with Crippen LogP contribution < -0.4 is 20.3 Å². The fourth-order valence-electron chi connectivity index (χ4n) is 3.04. The van der Waals surface area contributed by atoms with E-state index in [9.17, 15) is 9.59 Å². The van der Waals surface area contributed by atoms with Crippen LogP contribution in [0.5, 0.6) is 5.75 Å². The Morgan fingerprint density at radius 3 is 2.34 bits per heavy atom. The molecule has 1 aliphatic rings. The number of thioether (sulfide) groups is 1. The van der Waals surface area contributed by atoms with Crippen molar-refractivity contribution in [2.45, 2.75) is 13.5 Å². The maximum absolute atomic E-state index is 12.1. The Bertz CT molecular complexity index is 803. The summed E-state index contributed by atoms with van der Waals surface area (Å²) in [7, 11) is 0. The second-order valence-electron chi connectivity index (χ2n) is 6.68. The molecule has 1 fully saturated rings. The average molecular weight is 414 g/mol. The predicted octanol–water partition coefficient (Wildman–Crippen LogP) is 2.68. The Balaban J connectivity index is 1.40. The van der Waals surface area contributed by atoms with Crippen LogP contribution in [0, 0.1) is 0 Å². The number of rotatable bonds is 8. The molecule has 1 saturated heterocycles. The van der Waals surface area contributed by atoms with Crippen molar-refractivity contribution in [3.05, 3.63) is 59.7 Å². The first-order valence-corrected chi connectivity index (χ1v) is 11.0. The Labute approximate surface area is 176 Å². The van der Waals surface area contributed by atoms with Crippen LogP contribution in [0.1, 0.15) is 22.8 Å². The van der Waals surface area contributed by atoms with E-state index in [2.05, 4.69) is 27.7 Å². The Hall–Kier alpha value is -2.67. The summed E-state index contributed by atoms with van der Waals surface area (Å²) >= 11 is 1.99. The molecule has 1 heterocycles. The number of ether oxygens (including phenoxy) is 1. The van der Waals surface area contributed by atoms with E-state index in [0.29, 0.717) is 24.5 Å². The highest BCUT2D eigenvalue weighted by molar-refractivity contribution is 7.99. The number of hydrogen-bond donors (Lipinski definition) is 2. The van der Waals surface area contributed by atoms with Gasteiger partial charge in [-0.2, -0.15) is 11.8 Å². The molecule has 0 saturated carbocycles. The number of anilines is 1. The van der Waals surface area contributed by atoms with Crippen LogP contribution in [-0.2, 0) is 11.3 Å². The van der Waals surface area contributed by atoms with Gasteiger partial charge in [0.15, 0.2) is 0 Å². The molecular formula is C22H27N3O3S. The third kappa shape index (κ3) is 6.42. The molecule has 0 unspecified atom stereocenters. The van der Waals surface area contributed by atoms with Gasteiger partial charge in [0.05, 0.1) is 13.2 Å². The van der Waals surface area contributed by atoms with Crippen molar-refractivity contribution in [3.8, 4) is 5.75 Å². The third-order valence-electron chi connectivity index (χ3n) is 4.64. The lowest BCUT2D eigenvalue weighted by atomic mass is 10.2. The number of carbonyl (C=O) groups is 2. The van der Waals surface area contributed by atoms with Gasteiger partial charge in [-0.05, 0) is 48.9 Å². The third-order valence-corrected chi connectivity index (χ3v) is 5.58. The van der Waals surface area contributed by atoms with Crippen molar-refractivity contribution < 1.29 is 14.3 Å². The second-order valence-corrected chi connectivity index (χ2v) is 7.91.